The van der Waals surface area contributed by atoms with Gasteiger partial charge < -0.3 is 48.9 Å². The van der Waals surface area contributed by atoms with E-state index in [4.69, 9.17) is 43.6 Å². The zero-order chi connectivity index (χ0) is 35.5. The molecular weight excluding hydrogens is 628 g/mol. The molecule has 1 saturated heterocycles. The molecule has 0 aliphatic carbocycles. The highest BCUT2D eigenvalue weighted by Gasteiger charge is 2.35. The van der Waals surface area contributed by atoms with Crippen LogP contribution in [0.5, 0.6) is 0 Å². The number of imide groups is 1. The van der Waals surface area contributed by atoms with Crippen LogP contribution in [-0.2, 0) is 52.3 Å². The van der Waals surface area contributed by atoms with Gasteiger partial charge in [0.15, 0.2) is 0 Å². The van der Waals surface area contributed by atoms with Crippen molar-refractivity contribution < 1.29 is 52.3 Å². The summed E-state index contributed by atoms with van der Waals surface area (Å²) in [6.07, 6.45) is 3.07. The fourth-order valence-corrected chi connectivity index (χ4v) is 4.44. The summed E-state index contributed by atoms with van der Waals surface area (Å²) in [6.45, 7) is 14.3. The summed E-state index contributed by atoms with van der Waals surface area (Å²) in [5, 5.41) is 5.83. The molecule has 48 heavy (non-hydrogen) atoms. The number of carbonyl (C=O) groups is 3. The quantitative estimate of drug-likeness (QED) is 0.0509. The van der Waals surface area contributed by atoms with Crippen LogP contribution >= 0.6 is 0 Å². The molecule has 3 amide bonds. The van der Waals surface area contributed by atoms with Crippen LogP contribution in [0.25, 0.3) is 0 Å². The maximum Gasteiger partial charge on any atom is 0.232 e. The van der Waals surface area contributed by atoms with Crippen LogP contribution in [-0.4, -0.2) is 147 Å². The number of hydrogen-bond acceptors (Lipinski definition) is 13. The van der Waals surface area contributed by atoms with Crippen molar-refractivity contribution in [1.82, 2.24) is 15.5 Å². The Balaban J connectivity index is 2.28. The summed E-state index contributed by atoms with van der Waals surface area (Å²) in [7, 11) is 1.62. The first-order chi connectivity index (χ1) is 23.1. The third kappa shape index (κ3) is 22.8. The van der Waals surface area contributed by atoms with Crippen LogP contribution in [0.2, 0.25) is 0 Å². The smallest absolute Gasteiger partial charge is 0.232 e. The van der Waals surface area contributed by atoms with Gasteiger partial charge in [0.2, 0.25) is 17.7 Å². The average molecular weight is 693 g/mol. The second-order valence-corrected chi connectivity index (χ2v) is 12.4. The maximum atomic E-state index is 12.2. The van der Waals surface area contributed by atoms with Crippen molar-refractivity contribution >= 4 is 17.7 Å². The number of rotatable bonds is 33. The molecule has 0 aromatic carbocycles. The minimum atomic E-state index is -0.328. The summed E-state index contributed by atoms with van der Waals surface area (Å²) in [6, 6.07) is 0. The van der Waals surface area contributed by atoms with Crippen molar-refractivity contribution in [1.29, 1.82) is 0 Å². The summed E-state index contributed by atoms with van der Waals surface area (Å²) in [5.41, 5.74) is 5.17. The van der Waals surface area contributed by atoms with Gasteiger partial charge in [-0.25, -0.2) is 0 Å². The molecule has 0 spiro atoms. The van der Waals surface area contributed by atoms with Crippen LogP contribution in [0.1, 0.15) is 66.2 Å². The fourth-order valence-electron chi connectivity index (χ4n) is 4.44. The largest absolute Gasteiger partial charge is 0.379 e. The summed E-state index contributed by atoms with van der Waals surface area (Å²) in [4.78, 5) is 37.2. The van der Waals surface area contributed by atoms with E-state index in [1.807, 2.05) is 20.8 Å². The normalized spacial score (nSPS) is 16.5. The van der Waals surface area contributed by atoms with Gasteiger partial charge in [0, 0.05) is 65.4 Å². The number of hydrogen-bond donors (Lipinski definition) is 3. The van der Waals surface area contributed by atoms with Gasteiger partial charge in [0.1, 0.15) is 6.10 Å². The van der Waals surface area contributed by atoms with Gasteiger partial charge in [-0.15, -0.1) is 0 Å². The molecule has 4 N–H and O–H groups in total. The summed E-state index contributed by atoms with van der Waals surface area (Å²) < 4.78 is 45.5. The van der Waals surface area contributed by atoms with Crippen molar-refractivity contribution in [2.45, 2.75) is 84.0 Å². The van der Waals surface area contributed by atoms with Gasteiger partial charge in [-0.2, -0.15) is 0 Å². The van der Waals surface area contributed by atoms with Crippen LogP contribution in [0.4, 0.5) is 0 Å². The minimum absolute atomic E-state index is 0.0855. The van der Waals surface area contributed by atoms with E-state index >= 15 is 0 Å². The first-order valence-electron chi connectivity index (χ1n) is 17.3. The van der Waals surface area contributed by atoms with Crippen LogP contribution in [0.3, 0.4) is 0 Å². The maximum absolute atomic E-state index is 12.2. The number of nitrogens with one attached hydrogen (secondary N) is 2. The molecule has 0 bridgehead atoms. The van der Waals surface area contributed by atoms with Gasteiger partial charge in [0.05, 0.1) is 64.8 Å². The van der Waals surface area contributed by atoms with Gasteiger partial charge in [0.25, 0.3) is 0 Å². The second-order valence-electron chi connectivity index (χ2n) is 12.4. The first-order valence-corrected chi connectivity index (χ1v) is 17.3. The number of likely N-dealkylation sites (tertiary alicyclic amines) is 1. The van der Waals surface area contributed by atoms with Crippen molar-refractivity contribution in [2.24, 2.45) is 11.7 Å². The van der Waals surface area contributed by atoms with Gasteiger partial charge in [-0.05, 0) is 53.0 Å². The molecular formula is C33H64N4O11. The number of amides is 3. The zero-order valence-corrected chi connectivity index (χ0v) is 30.1. The lowest BCUT2D eigenvalue weighted by atomic mass is 10.1. The third-order valence-corrected chi connectivity index (χ3v) is 7.46. The molecule has 3 unspecified atom stereocenters. The third-order valence-electron chi connectivity index (χ3n) is 7.46. The van der Waals surface area contributed by atoms with Gasteiger partial charge in [-0.1, -0.05) is 6.92 Å². The fraction of sp³-hybridized carbons (Fsp3) is 0.909. The Labute approximate surface area is 287 Å². The number of ether oxygens (including phenoxy) is 8. The van der Waals surface area contributed by atoms with Gasteiger partial charge in [-0.3, -0.25) is 24.6 Å². The number of methoxy groups -OCH3 is 1. The zero-order valence-electron chi connectivity index (χ0n) is 30.1. The number of nitrogens with zero attached hydrogens (tertiary/aromatic N) is 1. The molecule has 15 nitrogen and oxygen atoms in total. The minimum Gasteiger partial charge on any atom is -0.379 e. The summed E-state index contributed by atoms with van der Waals surface area (Å²) in [5.74, 6) is -0.950. The Morgan fingerprint density at radius 3 is 2.35 bits per heavy atom. The second kappa shape index (κ2) is 28.0. The van der Waals surface area contributed by atoms with Crippen LogP contribution < -0.4 is 16.4 Å². The van der Waals surface area contributed by atoms with Gasteiger partial charge >= 0.3 is 0 Å². The van der Waals surface area contributed by atoms with E-state index in [0.29, 0.717) is 99.0 Å². The Hall–Kier alpha value is -1.79. The van der Waals surface area contributed by atoms with Crippen molar-refractivity contribution in [3.8, 4) is 0 Å². The Morgan fingerprint density at radius 2 is 1.65 bits per heavy atom. The molecule has 282 valence electrons. The lowest BCUT2D eigenvalue weighted by Crippen LogP contribution is -2.35. The van der Waals surface area contributed by atoms with E-state index in [0.717, 1.165) is 19.3 Å². The molecule has 0 radical (unpaired) electrons. The lowest BCUT2D eigenvalue weighted by molar-refractivity contribution is -0.139. The highest BCUT2D eigenvalue weighted by atomic mass is 16.6. The van der Waals surface area contributed by atoms with E-state index in [1.165, 1.54) is 4.90 Å². The average Bonchev–Trinajstić information content (AvgIpc) is 3.29. The van der Waals surface area contributed by atoms with E-state index in [-0.39, 0.29) is 60.8 Å². The predicted octanol–water partition coefficient (Wildman–Crippen LogP) is 1.21. The highest BCUT2D eigenvalue weighted by molar-refractivity contribution is 6.03. The van der Waals surface area contributed by atoms with Crippen LogP contribution in [0, 0.1) is 5.92 Å². The molecule has 15 heteroatoms. The standard InChI is InChI=1S/C33H64N4O11/c1-27-22-31(39)37(32(27)40)13-8-30(38)36-12-7-14-44-23-29(47-21-20-42-16-9-28(2)46-15-6-11-34)24-45-19-18-43-17-10-33(3,4)48-26-35-25-41-5/h27-29,35H,6-26,34H2,1-5H3,(H,36,38). The molecule has 1 rings (SSSR count). The lowest BCUT2D eigenvalue weighted by Gasteiger charge is -2.25. The first kappa shape index (κ1) is 44.2. The van der Waals surface area contributed by atoms with E-state index in [9.17, 15) is 14.4 Å². The molecule has 0 aromatic rings. The van der Waals surface area contributed by atoms with E-state index < -0.39 is 0 Å². The van der Waals surface area contributed by atoms with Crippen molar-refractivity contribution in [3.05, 3.63) is 0 Å². The molecule has 0 aromatic heterocycles. The van der Waals surface area contributed by atoms with Crippen molar-refractivity contribution in [3.63, 3.8) is 0 Å². The molecule has 1 fully saturated rings. The molecule has 1 aliphatic heterocycles. The highest BCUT2D eigenvalue weighted by Crippen LogP contribution is 2.18. The molecule has 3 atom stereocenters. The van der Waals surface area contributed by atoms with E-state index in [1.54, 1.807) is 14.0 Å². The van der Waals surface area contributed by atoms with Crippen LogP contribution in [0.15, 0.2) is 0 Å². The predicted molar refractivity (Wildman–Crippen MR) is 179 cm³/mol. The molecule has 0 saturated carbocycles. The van der Waals surface area contributed by atoms with E-state index in [2.05, 4.69) is 10.6 Å². The number of carbonyl (C=O) groups excluding carboxylic acids is 3. The molecule has 1 heterocycles. The Bertz CT molecular complexity index is 852. The topological polar surface area (TPSA) is 178 Å². The Kier molecular flexibility index (Phi) is 25.8. The SMILES string of the molecule is COCNCOC(C)(C)CCOCCOCC(COCCCNC(=O)CCN1C(=O)CC(C)C1=O)OCCOCCC(C)OCCCN. The van der Waals surface area contributed by atoms with Crippen molar-refractivity contribution in [2.75, 3.05) is 106 Å². The summed E-state index contributed by atoms with van der Waals surface area (Å²) >= 11 is 0. The Morgan fingerprint density at radius 1 is 0.938 bits per heavy atom. The number of nitrogens with two attached hydrogens (primary N) is 1. The monoisotopic (exact) mass is 692 g/mol. The molecule has 1 aliphatic rings.